The van der Waals surface area contributed by atoms with Gasteiger partial charge in [0.1, 0.15) is 23.2 Å². The van der Waals surface area contributed by atoms with Crippen molar-refractivity contribution in [1.82, 2.24) is 15.6 Å². The van der Waals surface area contributed by atoms with E-state index in [1.165, 1.54) is 6.07 Å². The Morgan fingerprint density at radius 2 is 1.47 bits per heavy atom. The van der Waals surface area contributed by atoms with E-state index < -0.39 is 30.9 Å². The molecule has 2 aromatic carbocycles. The van der Waals surface area contributed by atoms with Crippen LogP contribution in [-0.2, 0) is 17.6 Å². The SMILES string of the molecule is CC(C)C[C@H](NC(=O)[C@H]1Cc2ccc(cc2)OCCCCOc2ccc(cc2)CCC(=O)c2ccc([nH]2)C(=O)N1)B(O)O. The van der Waals surface area contributed by atoms with E-state index in [-0.39, 0.29) is 30.2 Å². The smallest absolute Gasteiger partial charge is 0.475 e. The molecular weight excluding hydrogens is 549 g/mol. The highest BCUT2D eigenvalue weighted by Crippen LogP contribution is 2.18. The number of Topliss-reactive ketones (excluding diaryl/α,β-unsaturated/α-hetero) is 1. The number of rotatable bonds is 5. The summed E-state index contributed by atoms with van der Waals surface area (Å²) in [6, 6.07) is 17.0. The van der Waals surface area contributed by atoms with E-state index in [1.54, 1.807) is 6.07 Å². The number of nitrogens with one attached hydrogen (secondary N) is 3. The highest BCUT2D eigenvalue weighted by atomic mass is 16.5. The van der Waals surface area contributed by atoms with Crippen molar-refractivity contribution in [3.8, 4) is 11.5 Å². The molecule has 0 aliphatic carbocycles. The van der Waals surface area contributed by atoms with Crippen LogP contribution in [0, 0.1) is 5.92 Å². The Bertz CT molecular complexity index is 1360. The Morgan fingerprint density at radius 3 is 2.05 bits per heavy atom. The predicted molar refractivity (Wildman–Crippen MR) is 163 cm³/mol. The summed E-state index contributed by atoms with van der Waals surface area (Å²) in [6.07, 6.45) is 2.91. The van der Waals surface area contributed by atoms with Crippen molar-refractivity contribution in [2.24, 2.45) is 5.92 Å². The van der Waals surface area contributed by atoms with Crippen molar-refractivity contribution in [1.29, 1.82) is 0 Å². The molecule has 7 rings (SSSR count). The van der Waals surface area contributed by atoms with E-state index in [2.05, 4.69) is 15.6 Å². The van der Waals surface area contributed by atoms with Crippen LogP contribution in [-0.4, -0.2) is 64.9 Å². The topological polar surface area (TPSA) is 150 Å². The molecule has 0 saturated carbocycles. The van der Waals surface area contributed by atoms with Gasteiger partial charge in [-0.3, -0.25) is 14.4 Å². The lowest BCUT2D eigenvalue weighted by atomic mass is 9.75. The fourth-order valence-electron chi connectivity index (χ4n) is 4.87. The number of ether oxygens (including phenoxy) is 2. The summed E-state index contributed by atoms with van der Waals surface area (Å²) in [5.74, 6) is -0.602. The second kappa shape index (κ2) is 15.4. The third kappa shape index (κ3) is 9.72. The number of H-pyrrole nitrogens is 1. The molecule has 10 nitrogen and oxygen atoms in total. The summed E-state index contributed by atoms with van der Waals surface area (Å²) in [7, 11) is -1.75. The van der Waals surface area contributed by atoms with E-state index in [9.17, 15) is 24.4 Å². The number of aromatic nitrogens is 1. The lowest BCUT2D eigenvalue weighted by Crippen LogP contribution is -2.55. The van der Waals surface area contributed by atoms with E-state index in [0.717, 1.165) is 29.7 Å². The lowest BCUT2D eigenvalue weighted by molar-refractivity contribution is -0.123. The molecule has 228 valence electrons. The number of aryl methyl sites for hydroxylation is 1. The minimum absolute atomic E-state index is 0.0947. The van der Waals surface area contributed by atoms with Gasteiger partial charge in [-0.05, 0) is 79.1 Å². The van der Waals surface area contributed by atoms with Gasteiger partial charge in [0.25, 0.3) is 5.91 Å². The first kappa shape index (κ1) is 31.8. The Hall–Kier alpha value is -4.09. The molecule has 0 saturated heterocycles. The molecule has 5 N–H and O–H groups in total. The number of aromatic amines is 1. The van der Waals surface area contributed by atoms with Crippen molar-refractivity contribution >= 4 is 24.7 Å². The monoisotopic (exact) mass is 589 g/mol. The van der Waals surface area contributed by atoms with Gasteiger partial charge in [-0.1, -0.05) is 38.1 Å². The van der Waals surface area contributed by atoms with Crippen LogP contribution in [0.2, 0.25) is 0 Å². The van der Waals surface area contributed by atoms with Crippen LogP contribution < -0.4 is 20.1 Å². The molecule has 1 aromatic heterocycles. The number of hydrogen-bond donors (Lipinski definition) is 5. The number of hydrogen-bond acceptors (Lipinski definition) is 7. The van der Waals surface area contributed by atoms with Gasteiger partial charge >= 0.3 is 7.12 Å². The van der Waals surface area contributed by atoms with Crippen molar-refractivity contribution in [3.05, 3.63) is 83.2 Å². The molecule has 2 amide bonds. The van der Waals surface area contributed by atoms with Crippen LogP contribution in [0.5, 0.6) is 11.5 Å². The van der Waals surface area contributed by atoms with E-state index in [1.807, 2.05) is 62.4 Å². The third-order valence-corrected chi connectivity index (χ3v) is 7.27. The second-order valence-electron chi connectivity index (χ2n) is 11.3. The maximum atomic E-state index is 13.4. The van der Waals surface area contributed by atoms with Crippen LogP contribution in [0.1, 0.15) is 71.6 Å². The number of benzene rings is 2. The summed E-state index contributed by atoms with van der Waals surface area (Å²) in [4.78, 5) is 42.4. The first-order valence-electron chi connectivity index (χ1n) is 14.8. The summed E-state index contributed by atoms with van der Waals surface area (Å²) >= 11 is 0. The van der Waals surface area contributed by atoms with Gasteiger partial charge in [-0.25, -0.2) is 0 Å². The maximum Gasteiger partial charge on any atom is 0.475 e. The average Bonchev–Trinajstić information content (AvgIpc) is 3.48. The third-order valence-electron chi connectivity index (χ3n) is 7.27. The summed E-state index contributed by atoms with van der Waals surface area (Å²) in [6.45, 7) is 4.91. The van der Waals surface area contributed by atoms with Crippen LogP contribution in [0.15, 0.2) is 60.7 Å². The van der Waals surface area contributed by atoms with Crippen molar-refractivity contribution in [2.75, 3.05) is 13.2 Å². The van der Waals surface area contributed by atoms with Gasteiger partial charge < -0.3 is 35.1 Å². The molecule has 3 aromatic rings. The molecule has 6 bridgehead atoms. The van der Waals surface area contributed by atoms with Gasteiger partial charge in [-0.2, -0.15) is 0 Å². The van der Waals surface area contributed by atoms with E-state index >= 15 is 0 Å². The molecule has 4 aliphatic rings. The molecule has 43 heavy (non-hydrogen) atoms. The number of carbonyl (C=O) groups is 3. The van der Waals surface area contributed by atoms with Gasteiger partial charge in [0.2, 0.25) is 5.91 Å². The Morgan fingerprint density at radius 1 is 0.884 bits per heavy atom. The van der Waals surface area contributed by atoms with Crippen molar-refractivity contribution in [3.63, 3.8) is 0 Å². The highest BCUT2D eigenvalue weighted by molar-refractivity contribution is 6.43. The van der Waals surface area contributed by atoms with Gasteiger partial charge in [0, 0.05) is 12.8 Å². The molecule has 2 atom stereocenters. The highest BCUT2D eigenvalue weighted by Gasteiger charge is 2.30. The molecule has 11 heteroatoms. The molecule has 0 spiro atoms. The van der Waals surface area contributed by atoms with E-state index in [0.29, 0.717) is 37.5 Å². The zero-order valence-corrected chi connectivity index (χ0v) is 24.7. The van der Waals surface area contributed by atoms with Gasteiger partial charge in [0.15, 0.2) is 5.78 Å². The quantitative estimate of drug-likeness (QED) is 0.287. The number of amides is 2. The molecule has 0 fully saturated rings. The maximum absolute atomic E-state index is 13.4. The van der Waals surface area contributed by atoms with Gasteiger partial charge in [0.05, 0.1) is 24.8 Å². The van der Waals surface area contributed by atoms with E-state index in [4.69, 9.17) is 9.47 Å². The standard InChI is InChI=1S/C32H40BN3O7/c1-21(2)19-30(33(40)41)36-32(39)28-20-23-7-12-25(13-8-23)43-18-4-3-17-42-24-10-5-22(6-11-24)9-16-29(37)26-14-15-27(34-26)31(38)35-28/h5-8,10-15,21,28,30,34,40-41H,3-4,9,16-20H2,1-2H3,(H,35,38)(H,36,39)/t28-,30+/m1/s1. The van der Waals surface area contributed by atoms with Crippen LogP contribution in [0.4, 0.5) is 0 Å². The van der Waals surface area contributed by atoms with Crippen molar-refractivity contribution < 1.29 is 33.9 Å². The summed E-state index contributed by atoms with van der Waals surface area (Å²) in [5, 5.41) is 25.1. The van der Waals surface area contributed by atoms with Crippen LogP contribution in [0.25, 0.3) is 0 Å². The Kier molecular flexibility index (Phi) is 11.4. The van der Waals surface area contributed by atoms with Crippen LogP contribution in [0.3, 0.4) is 0 Å². The largest absolute Gasteiger partial charge is 0.494 e. The Balaban J connectivity index is 1.55. The first-order valence-corrected chi connectivity index (χ1v) is 14.8. The second-order valence-corrected chi connectivity index (χ2v) is 11.3. The minimum atomic E-state index is -1.75. The molecule has 5 heterocycles. The molecule has 0 radical (unpaired) electrons. The molecule has 4 aliphatic heterocycles. The van der Waals surface area contributed by atoms with Crippen LogP contribution >= 0.6 is 0 Å². The zero-order chi connectivity index (χ0) is 30.8. The zero-order valence-electron chi connectivity index (χ0n) is 24.7. The van der Waals surface area contributed by atoms with Crippen molar-refractivity contribution in [2.45, 2.75) is 64.4 Å². The van der Waals surface area contributed by atoms with Gasteiger partial charge in [-0.15, -0.1) is 0 Å². The molecular formula is C32H40BN3O7. The predicted octanol–water partition coefficient (Wildman–Crippen LogP) is 3.27. The average molecular weight is 589 g/mol. The lowest BCUT2D eigenvalue weighted by Gasteiger charge is -2.24. The normalized spacial score (nSPS) is 17.4. The fourth-order valence-corrected chi connectivity index (χ4v) is 4.87. The Labute approximate surface area is 252 Å². The number of carbonyl (C=O) groups excluding carboxylic acids is 3. The minimum Gasteiger partial charge on any atom is -0.494 e. The molecule has 0 unspecified atom stereocenters. The number of ketones is 1. The fraction of sp³-hybridized carbons (Fsp3) is 0.406. The summed E-state index contributed by atoms with van der Waals surface area (Å²) < 4.78 is 11.7. The first-order chi connectivity index (χ1) is 20.7. The summed E-state index contributed by atoms with van der Waals surface area (Å²) in [5.41, 5.74) is 2.21.